The minimum absolute atomic E-state index is 0.121. The highest BCUT2D eigenvalue weighted by Gasteiger charge is 2.01. The molecule has 0 amide bonds. The first-order valence-corrected chi connectivity index (χ1v) is 4.11. The quantitative estimate of drug-likeness (QED) is 0.538. The largest absolute Gasteiger partial charge is 0.399 e. The molecule has 0 aromatic heterocycles. The Labute approximate surface area is 77.2 Å². The van der Waals surface area contributed by atoms with Gasteiger partial charge in [-0.2, -0.15) is 0 Å². The number of nitrogen functional groups attached to an aromatic ring is 1. The Morgan fingerprint density at radius 3 is 2.83 bits per heavy atom. The van der Waals surface area contributed by atoms with Gasteiger partial charge in [-0.15, -0.1) is 12.6 Å². The molecule has 0 aliphatic rings. The van der Waals surface area contributed by atoms with E-state index in [9.17, 15) is 4.79 Å². The van der Waals surface area contributed by atoms with Crippen LogP contribution in [-0.2, 0) is 11.2 Å². The van der Waals surface area contributed by atoms with Crippen LogP contribution in [0.25, 0.3) is 0 Å². The fourth-order valence-electron chi connectivity index (χ4n) is 1.02. The smallest absolute Gasteiger partial charge is 0.134 e. The van der Waals surface area contributed by atoms with Gasteiger partial charge in [0.15, 0.2) is 0 Å². The lowest BCUT2D eigenvalue weighted by Gasteiger charge is -2.03. The van der Waals surface area contributed by atoms with Crippen LogP contribution in [0.15, 0.2) is 23.1 Å². The molecule has 2 N–H and O–H groups in total. The molecule has 0 aliphatic carbocycles. The molecule has 0 bridgehead atoms. The number of ketones is 1. The maximum Gasteiger partial charge on any atom is 0.134 e. The van der Waals surface area contributed by atoms with E-state index in [0.717, 1.165) is 10.5 Å². The van der Waals surface area contributed by atoms with E-state index >= 15 is 0 Å². The summed E-state index contributed by atoms with van der Waals surface area (Å²) in [7, 11) is 0. The Balaban J connectivity index is 2.97. The summed E-state index contributed by atoms with van der Waals surface area (Å²) in [6.07, 6.45) is 0.407. The molecule has 2 nitrogen and oxygen atoms in total. The van der Waals surface area contributed by atoms with E-state index < -0.39 is 0 Å². The number of hydrogen-bond acceptors (Lipinski definition) is 3. The van der Waals surface area contributed by atoms with Crippen molar-refractivity contribution in [3.05, 3.63) is 23.8 Å². The van der Waals surface area contributed by atoms with Crippen molar-refractivity contribution in [1.82, 2.24) is 0 Å². The lowest BCUT2D eigenvalue weighted by Crippen LogP contribution is -1.98. The minimum Gasteiger partial charge on any atom is -0.399 e. The molecule has 0 saturated heterocycles. The van der Waals surface area contributed by atoms with E-state index in [1.165, 1.54) is 0 Å². The van der Waals surface area contributed by atoms with E-state index in [1.54, 1.807) is 25.1 Å². The number of carbonyl (C=O) groups is 1. The molecule has 0 fully saturated rings. The van der Waals surface area contributed by atoms with E-state index in [4.69, 9.17) is 5.73 Å². The van der Waals surface area contributed by atoms with Gasteiger partial charge in [0.25, 0.3) is 0 Å². The number of carbonyl (C=O) groups excluding carboxylic acids is 1. The van der Waals surface area contributed by atoms with E-state index in [0.29, 0.717) is 12.1 Å². The average molecular weight is 181 g/mol. The lowest BCUT2D eigenvalue weighted by atomic mass is 10.1. The number of Topliss-reactive ketones (excluding diaryl/α,β-unsaturated/α-hetero) is 1. The van der Waals surface area contributed by atoms with Crippen LogP contribution in [0.5, 0.6) is 0 Å². The third kappa shape index (κ3) is 2.27. The second-order valence-electron chi connectivity index (χ2n) is 2.77. The highest BCUT2D eigenvalue weighted by molar-refractivity contribution is 7.80. The van der Waals surface area contributed by atoms with E-state index in [1.807, 2.05) is 0 Å². The Hall–Kier alpha value is -0.960. The van der Waals surface area contributed by atoms with Crippen molar-refractivity contribution < 1.29 is 4.79 Å². The fourth-order valence-corrected chi connectivity index (χ4v) is 1.23. The summed E-state index contributed by atoms with van der Waals surface area (Å²) < 4.78 is 0. The summed E-state index contributed by atoms with van der Waals surface area (Å²) in [5.41, 5.74) is 7.12. The molecular formula is C9H11NOS. The third-order valence-corrected chi connectivity index (χ3v) is 1.98. The van der Waals surface area contributed by atoms with Crippen molar-refractivity contribution in [1.29, 1.82) is 0 Å². The molecule has 0 atom stereocenters. The normalized spacial score (nSPS) is 9.83. The van der Waals surface area contributed by atoms with Gasteiger partial charge in [-0.25, -0.2) is 0 Å². The Kier molecular flexibility index (Phi) is 2.76. The SMILES string of the molecule is CC(=O)Cc1cc(N)ccc1S. The highest BCUT2D eigenvalue weighted by Crippen LogP contribution is 2.17. The summed E-state index contributed by atoms with van der Waals surface area (Å²) in [4.78, 5) is 11.6. The van der Waals surface area contributed by atoms with Gasteiger partial charge in [-0.3, -0.25) is 4.79 Å². The third-order valence-electron chi connectivity index (χ3n) is 1.54. The van der Waals surface area contributed by atoms with Gasteiger partial charge in [-0.05, 0) is 30.7 Å². The summed E-state index contributed by atoms with van der Waals surface area (Å²) >= 11 is 4.21. The molecule has 0 heterocycles. The second-order valence-corrected chi connectivity index (χ2v) is 3.25. The summed E-state index contributed by atoms with van der Waals surface area (Å²) in [5.74, 6) is 0.121. The van der Waals surface area contributed by atoms with Gasteiger partial charge >= 0.3 is 0 Å². The summed E-state index contributed by atoms with van der Waals surface area (Å²) in [6.45, 7) is 1.55. The number of anilines is 1. The molecule has 12 heavy (non-hydrogen) atoms. The lowest BCUT2D eigenvalue weighted by molar-refractivity contribution is -0.116. The van der Waals surface area contributed by atoms with Gasteiger partial charge in [0, 0.05) is 17.0 Å². The Bertz CT molecular complexity index is 309. The number of rotatable bonds is 2. The van der Waals surface area contributed by atoms with Crippen LogP contribution in [-0.4, -0.2) is 5.78 Å². The van der Waals surface area contributed by atoms with Crippen LogP contribution in [0.3, 0.4) is 0 Å². The maximum atomic E-state index is 10.8. The van der Waals surface area contributed by atoms with Gasteiger partial charge in [-0.1, -0.05) is 0 Å². The predicted molar refractivity (Wildman–Crippen MR) is 52.5 cm³/mol. The highest BCUT2D eigenvalue weighted by atomic mass is 32.1. The molecule has 0 saturated carbocycles. The first-order valence-electron chi connectivity index (χ1n) is 3.66. The first-order chi connectivity index (χ1) is 5.59. The molecule has 64 valence electrons. The van der Waals surface area contributed by atoms with Crippen LogP contribution in [0, 0.1) is 0 Å². The topological polar surface area (TPSA) is 43.1 Å². The number of benzene rings is 1. The predicted octanol–water partition coefficient (Wildman–Crippen LogP) is 1.69. The number of nitrogens with two attached hydrogens (primary N) is 1. The van der Waals surface area contributed by atoms with Crippen molar-refractivity contribution in [2.45, 2.75) is 18.2 Å². The van der Waals surface area contributed by atoms with Gasteiger partial charge < -0.3 is 5.73 Å². The van der Waals surface area contributed by atoms with Crippen LogP contribution in [0.4, 0.5) is 5.69 Å². The van der Waals surface area contributed by atoms with Crippen LogP contribution < -0.4 is 5.73 Å². The Morgan fingerprint density at radius 1 is 1.58 bits per heavy atom. The van der Waals surface area contributed by atoms with Crippen LogP contribution in [0.1, 0.15) is 12.5 Å². The zero-order chi connectivity index (χ0) is 9.14. The van der Waals surface area contributed by atoms with Crippen molar-refractivity contribution >= 4 is 24.1 Å². The summed E-state index contributed by atoms with van der Waals surface area (Å²) in [5, 5.41) is 0. The molecular weight excluding hydrogens is 170 g/mol. The molecule has 1 aromatic carbocycles. The number of hydrogen-bond donors (Lipinski definition) is 2. The van der Waals surface area contributed by atoms with Crippen molar-refractivity contribution in [2.24, 2.45) is 0 Å². The molecule has 0 radical (unpaired) electrons. The van der Waals surface area contributed by atoms with Crippen LogP contribution in [0.2, 0.25) is 0 Å². The zero-order valence-corrected chi connectivity index (χ0v) is 7.77. The zero-order valence-electron chi connectivity index (χ0n) is 6.87. The average Bonchev–Trinajstić information content (AvgIpc) is 1.96. The molecule has 1 rings (SSSR count). The minimum atomic E-state index is 0.121. The molecule has 0 unspecified atom stereocenters. The van der Waals surface area contributed by atoms with Gasteiger partial charge in [0.1, 0.15) is 5.78 Å². The summed E-state index contributed by atoms with van der Waals surface area (Å²) in [6, 6.07) is 5.35. The molecule has 1 aromatic rings. The van der Waals surface area contributed by atoms with Crippen molar-refractivity contribution in [3.8, 4) is 0 Å². The fraction of sp³-hybridized carbons (Fsp3) is 0.222. The molecule has 0 spiro atoms. The monoisotopic (exact) mass is 181 g/mol. The second kappa shape index (κ2) is 3.63. The first kappa shape index (κ1) is 9.13. The maximum absolute atomic E-state index is 10.8. The van der Waals surface area contributed by atoms with Crippen molar-refractivity contribution in [2.75, 3.05) is 5.73 Å². The standard InChI is InChI=1S/C9H11NOS/c1-6(11)4-7-5-8(10)2-3-9(7)12/h2-3,5,12H,4,10H2,1H3. The van der Waals surface area contributed by atoms with Gasteiger partial charge in [0.2, 0.25) is 0 Å². The molecule has 0 aliphatic heterocycles. The van der Waals surface area contributed by atoms with E-state index in [-0.39, 0.29) is 5.78 Å². The number of thiol groups is 1. The Morgan fingerprint density at radius 2 is 2.25 bits per heavy atom. The van der Waals surface area contributed by atoms with Crippen molar-refractivity contribution in [3.63, 3.8) is 0 Å². The molecule has 3 heteroatoms. The van der Waals surface area contributed by atoms with Crippen LogP contribution >= 0.6 is 12.6 Å². The van der Waals surface area contributed by atoms with Gasteiger partial charge in [0.05, 0.1) is 0 Å². The van der Waals surface area contributed by atoms with E-state index in [2.05, 4.69) is 12.6 Å².